The van der Waals surface area contributed by atoms with Crippen LogP contribution in [-0.2, 0) is 14.8 Å². The van der Waals surface area contributed by atoms with Crippen LogP contribution in [0.15, 0.2) is 65.7 Å². The predicted molar refractivity (Wildman–Crippen MR) is 117 cm³/mol. The fourth-order valence-corrected chi connectivity index (χ4v) is 5.43. The average Bonchev–Trinajstić information content (AvgIpc) is 3.23. The number of nitrogens with zero attached hydrogens (tertiary/aromatic N) is 2. The Balaban J connectivity index is 1.50. The third-order valence-corrected chi connectivity index (χ3v) is 7.36. The number of hydrogen-bond acceptors (Lipinski definition) is 6. The van der Waals surface area contributed by atoms with Crippen LogP contribution < -0.4 is 10.2 Å². The van der Waals surface area contributed by atoms with Crippen molar-refractivity contribution in [3.8, 4) is 22.8 Å². The molecule has 0 aliphatic carbocycles. The van der Waals surface area contributed by atoms with Crippen LogP contribution in [0.3, 0.4) is 0 Å². The summed E-state index contributed by atoms with van der Waals surface area (Å²) >= 11 is 0. The van der Waals surface area contributed by atoms with Crippen LogP contribution in [0.25, 0.3) is 11.3 Å². The van der Waals surface area contributed by atoms with Crippen LogP contribution in [0.5, 0.6) is 11.5 Å². The third kappa shape index (κ3) is 4.67. The van der Waals surface area contributed by atoms with E-state index in [4.69, 9.17) is 9.94 Å². The number of aromatic amines is 1. The van der Waals surface area contributed by atoms with E-state index in [2.05, 4.69) is 10.2 Å². The molecular formula is C22H24N4O5S. The number of amides is 1. The Hall–Kier alpha value is -3.21. The molecule has 32 heavy (non-hydrogen) atoms. The maximum atomic E-state index is 13.2. The first-order chi connectivity index (χ1) is 15.5. The average molecular weight is 457 g/mol. The molecule has 0 saturated carbocycles. The summed E-state index contributed by atoms with van der Waals surface area (Å²) in [6.07, 6.45) is 4.31. The highest BCUT2D eigenvalue weighted by molar-refractivity contribution is 7.89. The second-order valence-corrected chi connectivity index (χ2v) is 9.40. The van der Waals surface area contributed by atoms with Gasteiger partial charge < -0.3 is 4.74 Å². The van der Waals surface area contributed by atoms with E-state index in [1.165, 1.54) is 16.4 Å². The molecule has 168 valence electrons. The predicted octanol–water partition coefficient (Wildman–Crippen LogP) is 3.31. The summed E-state index contributed by atoms with van der Waals surface area (Å²) in [5.74, 6) is 0.373. The van der Waals surface area contributed by atoms with Crippen LogP contribution in [0.2, 0.25) is 0 Å². The largest absolute Gasteiger partial charge is 0.457 e. The van der Waals surface area contributed by atoms with Gasteiger partial charge in [0.25, 0.3) is 5.91 Å². The molecule has 1 aliphatic heterocycles. The van der Waals surface area contributed by atoms with Crippen molar-refractivity contribution in [2.24, 2.45) is 0 Å². The van der Waals surface area contributed by atoms with Crippen molar-refractivity contribution in [2.45, 2.75) is 36.6 Å². The highest BCUT2D eigenvalue weighted by atomic mass is 32.2. The van der Waals surface area contributed by atoms with Crippen molar-refractivity contribution < 1.29 is 23.2 Å². The van der Waals surface area contributed by atoms with Gasteiger partial charge in [0.15, 0.2) is 0 Å². The zero-order valence-corrected chi connectivity index (χ0v) is 18.1. The minimum atomic E-state index is -3.91. The normalized spacial score (nSPS) is 17.5. The maximum absolute atomic E-state index is 13.2. The molecule has 1 unspecified atom stereocenters. The SMILES string of the molecule is O=C(NO)C1CCCCCN1S(=O)(=O)c1ccc(Oc2ccc(-c3cc[nH]n3)cc2)cc1. The lowest BCUT2D eigenvalue weighted by Gasteiger charge is -2.27. The van der Waals surface area contributed by atoms with Crippen molar-refractivity contribution in [3.05, 3.63) is 60.8 Å². The minimum Gasteiger partial charge on any atom is -0.457 e. The molecule has 0 radical (unpaired) electrons. The fourth-order valence-electron chi connectivity index (χ4n) is 3.77. The number of benzene rings is 2. The van der Waals surface area contributed by atoms with E-state index < -0.39 is 22.0 Å². The molecule has 1 fully saturated rings. The standard InChI is InChI=1S/C22H24N4O5S/c27-22(25-28)21-4-2-1-3-15-26(21)32(29,30)19-11-9-18(10-12-19)31-17-7-5-16(6-8-17)20-13-14-23-24-20/h5-14,21,28H,1-4,15H2,(H,23,24)(H,25,27). The molecule has 2 heterocycles. The molecule has 0 bridgehead atoms. The summed E-state index contributed by atoms with van der Waals surface area (Å²) in [6.45, 7) is 0.223. The molecule has 1 aliphatic rings. The summed E-state index contributed by atoms with van der Waals surface area (Å²) in [6, 6.07) is 14.4. The lowest BCUT2D eigenvalue weighted by Crippen LogP contribution is -2.48. The second kappa shape index (κ2) is 9.51. The number of nitrogens with one attached hydrogen (secondary N) is 2. The monoisotopic (exact) mass is 456 g/mol. The highest BCUT2D eigenvalue weighted by Crippen LogP contribution is 2.29. The lowest BCUT2D eigenvalue weighted by molar-refractivity contribution is -0.133. The van der Waals surface area contributed by atoms with Crippen LogP contribution in [0.1, 0.15) is 25.7 Å². The van der Waals surface area contributed by atoms with Gasteiger partial charge in [0.05, 0.1) is 10.6 Å². The van der Waals surface area contributed by atoms with E-state index in [1.54, 1.807) is 23.8 Å². The minimum absolute atomic E-state index is 0.0661. The number of sulfonamides is 1. The number of hydroxylamine groups is 1. The number of carbonyl (C=O) groups is 1. The van der Waals surface area contributed by atoms with Crippen LogP contribution >= 0.6 is 0 Å². The first-order valence-electron chi connectivity index (χ1n) is 10.3. The van der Waals surface area contributed by atoms with Gasteiger partial charge in [-0.1, -0.05) is 12.8 Å². The van der Waals surface area contributed by atoms with Gasteiger partial charge in [-0.15, -0.1) is 0 Å². The highest BCUT2D eigenvalue weighted by Gasteiger charge is 2.36. The summed E-state index contributed by atoms with van der Waals surface area (Å²) in [7, 11) is -3.91. The van der Waals surface area contributed by atoms with Gasteiger partial charge in [-0.3, -0.25) is 15.1 Å². The van der Waals surface area contributed by atoms with Gasteiger partial charge in [-0.25, -0.2) is 13.9 Å². The fraction of sp³-hybridized carbons (Fsp3) is 0.273. The molecule has 1 atom stereocenters. The van der Waals surface area contributed by atoms with Gasteiger partial charge in [0, 0.05) is 18.3 Å². The smallest absolute Gasteiger partial charge is 0.261 e. The van der Waals surface area contributed by atoms with Gasteiger partial charge in [-0.2, -0.15) is 9.40 Å². The Labute approximate surface area is 186 Å². The van der Waals surface area contributed by atoms with Crippen molar-refractivity contribution in [1.82, 2.24) is 20.0 Å². The van der Waals surface area contributed by atoms with Crippen LogP contribution in [0.4, 0.5) is 0 Å². The van der Waals surface area contributed by atoms with Gasteiger partial charge in [0.2, 0.25) is 10.0 Å². The summed E-state index contributed by atoms with van der Waals surface area (Å²) in [4.78, 5) is 12.1. The molecule has 0 spiro atoms. The van der Waals surface area contributed by atoms with E-state index in [1.807, 2.05) is 30.3 Å². The molecule has 2 aromatic carbocycles. The van der Waals surface area contributed by atoms with Crippen molar-refractivity contribution >= 4 is 15.9 Å². The summed E-state index contributed by atoms with van der Waals surface area (Å²) < 4.78 is 33.4. The Bertz CT molecular complexity index is 1150. The number of ether oxygens (including phenoxy) is 1. The first kappa shape index (κ1) is 22.0. The molecule has 4 rings (SSSR count). The Kier molecular flexibility index (Phi) is 6.54. The van der Waals surface area contributed by atoms with Crippen LogP contribution in [0, 0.1) is 0 Å². The quantitative estimate of drug-likeness (QED) is 0.386. The molecule has 1 amide bonds. The van der Waals surface area contributed by atoms with Crippen molar-refractivity contribution in [2.75, 3.05) is 6.54 Å². The Morgan fingerprint density at radius 3 is 2.34 bits per heavy atom. The van der Waals surface area contributed by atoms with Gasteiger partial charge in [-0.05, 0) is 67.4 Å². The van der Waals surface area contributed by atoms with Gasteiger partial charge >= 0.3 is 0 Å². The third-order valence-electron chi connectivity index (χ3n) is 5.43. The lowest BCUT2D eigenvalue weighted by atomic mass is 10.1. The first-order valence-corrected chi connectivity index (χ1v) is 11.8. The zero-order chi connectivity index (χ0) is 22.6. The molecule has 10 heteroatoms. The van der Waals surface area contributed by atoms with E-state index >= 15 is 0 Å². The topological polar surface area (TPSA) is 125 Å². The maximum Gasteiger partial charge on any atom is 0.261 e. The Morgan fingerprint density at radius 1 is 1.03 bits per heavy atom. The summed E-state index contributed by atoms with van der Waals surface area (Å²) in [5.41, 5.74) is 3.36. The summed E-state index contributed by atoms with van der Waals surface area (Å²) in [5, 5.41) is 15.9. The van der Waals surface area contributed by atoms with E-state index in [0.717, 1.165) is 24.1 Å². The van der Waals surface area contributed by atoms with E-state index in [9.17, 15) is 13.2 Å². The molecule has 9 nitrogen and oxygen atoms in total. The van der Waals surface area contributed by atoms with Crippen molar-refractivity contribution in [1.29, 1.82) is 0 Å². The van der Waals surface area contributed by atoms with Crippen LogP contribution in [-0.4, -0.2) is 46.6 Å². The molecular weight excluding hydrogens is 432 g/mol. The molecule has 3 N–H and O–H groups in total. The number of H-pyrrole nitrogens is 1. The number of carbonyl (C=O) groups excluding carboxylic acids is 1. The Morgan fingerprint density at radius 2 is 1.72 bits per heavy atom. The van der Waals surface area contributed by atoms with Gasteiger partial charge in [0.1, 0.15) is 17.5 Å². The number of hydrogen-bond donors (Lipinski definition) is 3. The number of rotatable bonds is 6. The molecule has 1 aromatic heterocycles. The molecule has 1 saturated heterocycles. The molecule has 3 aromatic rings. The second-order valence-electron chi connectivity index (χ2n) is 7.51. The van der Waals surface area contributed by atoms with E-state index in [0.29, 0.717) is 24.3 Å². The number of aromatic nitrogens is 2. The van der Waals surface area contributed by atoms with Crippen molar-refractivity contribution in [3.63, 3.8) is 0 Å². The zero-order valence-electron chi connectivity index (χ0n) is 17.3. The van der Waals surface area contributed by atoms with E-state index in [-0.39, 0.29) is 11.4 Å².